The van der Waals surface area contributed by atoms with E-state index in [1.165, 1.54) is 12.3 Å². The van der Waals surface area contributed by atoms with E-state index in [9.17, 15) is 9.18 Å². The number of H-pyrrole nitrogens is 1. The zero-order valence-corrected chi connectivity index (χ0v) is 9.90. The van der Waals surface area contributed by atoms with Gasteiger partial charge in [-0.05, 0) is 25.1 Å². The molecule has 96 valence electrons. The fraction of sp³-hybridized carbons (Fsp3) is 0.0769. The largest absolute Gasteiger partial charge is 0.478 e. The van der Waals surface area contributed by atoms with E-state index in [0.717, 1.165) is 6.07 Å². The van der Waals surface area contributed by atoms with E-state index in [1.807, 2.05) is 0 Å². The van der Waals surface area contributed by atoms with Gasteiger partial charge in [0, 0.05) is 0 Å². The highest BCUT2D eigenvalue weighted by Crippen LogP contribution is 2.25. The lowest BCUT2D eigenvalue weighted by Gasteiger charge is -1.95. The van der Waals surface area contributed by atoms with Crippen LogP contribution in [-0.4, -0.2) is 21.0 Å². The number of fused-ring (bicyclic) bond motifs is 1. The van der Waals surface area contributed by atoms with E-state index >= 15 is 0 Å². The van der Waals surface area contributed by atoms with Crippen molar-refractivity contribution in [3.8, 4) is 11.4 Å². The van der Waals surface area contributed by atoms with Gasteiger partial charge < -0.3 is 14.5 Å². The quantitative estimate of drug-likeness (QED) is 0.742. The summed E-state index contributed by atoms with van der Waals surface area (Å²) in [5.74, 6) is -0.686. The van der Waals surface area contributed by atoms with Gasteiger partial charge in [0.15, 0.2) is 0 Å². The summed E-state index contributed by atoms with van der Waals surface area (Å²) in [4.78, 5) is 18.2. The smallest absolute Gasteiger partial charge is 0.338 e. The SMILES string of the molecule is Cc1cc(-c2nc3c(C(=O)O)cc(F)cc3[nH]2)co1. The van der Waals surface area contributed by atoms with Crippen molar-refractivity contribution in [2.24, 2.45) is 0 Å². The van der Waals surface area contributed by atoms with E-state index in [4.69, 9.17) is 9.52 Å². The van der Waals surface area contributed by atoms with Gasteiger partial charge in [0.25, 0.3) is 0 Å². The molecule has 0 spiro atoms. The monoisotopic (exact) mass is 260 g/mol. The fourth-order valence-corrected chi connectivity index (χ4v) is 1.95. The number of furan rings is 1. The van der Waals surface area contributed by atoms with E-state index in [1.54, 1.807) is 13.0 Å². The number of carbonyl (C=O) groups is 1. The summed E-state index contributed by atoms with van der Waals surface area (Å²) in [5.41, 5.74) is 1.08. The van der Waals surface area contributed by atoms with Gasteiger partial charge in [-0.15, -0.1) is 0 Å². The predicted molar refractivity (Wildman–Crippen MR) is 65.5 cm³/mol. The number of aryl methyl sites for hydroxylation is 1. The van der Waals surface area contributed by atoms with Crippen LogP contribution in [-0.2, 0) is 0 Å². The molecule has 3 aromatic rings. The van der Waals surface area contributed by atoms with Crippen LogP contribution in [0.2, 0.25) is 0 Å². The molecule has 6 heteroatoms. The number of carboxylic acids is 1. The zero-order valence-electron chi connectivity index (χ0n) is 9.90. The van der Waals surface area contributed by atoms with Crippen molar-refractivity contribution in [3.05, 3.63) is 41.6 Å². The Balaban J connectivity index is 2.25. The number of hydrogen-bond donors (Lipinski definition) is 2. The molecular weight excluding hydrogens is 251 g/mol. The molecule has 0 fully saturated rings. The fourth-order valence-electron chi connectivity index (χ4n) is 1.95. The van der Waals surface area contributed by atoms with Crippen LogP contribution in [0.5, 0.6) is 0 Å². The molecule has 3 rings (SSSR count). The van der Waals surface area contributed by atoms with Gasteiger partial charge in [-0.3, -0.25) is 0 Å². The van der Waals surface area contributed by atoms with Crippen molar-refractivity contribution in [2.45, 2.75) is 6.92 Å². The molecule has 0 atom stereocenters. The highest BCUT2D eigenvalue weighted by atomic mass is 19.1. The third-order valence-electron chi connectivity index (χ3n) is 2.79. The number of nitrogens with one attached hydrogen (secondary N) is 1. The molecule has 0 radical (unpaired) electrons. The average molecular weight is 260 g/mol. The molecule has 0 amide bonds. The van der Waals surface area contributed by atoms with Crippen molar-refractivity contribution < 1.29 is 18.7 Å². The highest BCUT2D eigenvalue weighted by molar-refractivity contribution is 6.01. The summed E-state index contributed by atoms with van der Waals surface area (Å²) in [6, 6.07) is 3.93. The first-order valence-electron chi connectivity index (χ1n) is 5.52. The van der Waals surface area contributed by atoms with Crippen LogP contribution >= 0.6 is 0 Å². The van der Waals surface area contributed by atoms with Gasteiger partial charge in [0.05, 0.1) is 16.6 Å². The lowest BCUT2D eigenvalue weighted by atomic mass is 10.2. The normalized spacial score (nSPS) is 11.1. The number of rotatable bonds is 2. The van der Waals surface area contributed by atoms with Crippen LogP contribution in [0.4, 0.5) is 4.39 Å². The minimum absolute atomic E-state index is 0.169. The van der Waals surface area contributed by atoms with Crippen LogP contribution in [0.3, 0.4) is 0 Å². The maximum absolute atomic E-state index is 13.3. The van der Waals surface area contributed by atoms with Crippen molar-refractivity contribution in [1.82, 2.24) is 9.97 Å². The maximum Gasteiger partial charge on any atom is 0.338 e. The minimum atomic E-state index is -1.22. The van der Waals surface area contributed by atoms with Gasteiger partial charge in [-0.2, -0.15) is 0 Å². The van der Waals surface area contributed by atoms with Gasteiger partial charge in [0.1, 0.15) is 29.2 Å². The predicted octanol–water partition coefficient (Wildman–Crippen LogP) is 2.97. The number of aromatic carboxylic acids is 1. The first-order valence-corrected chi connectivity index (χ1v) is 5.52. The lowest BCUT2D eigenvalue weighted by Crippen LogP contribution is -1.98. The maximum atomic E-state index is 13.3. The summed E-state index contributed by atoms with van der Waals surface area (Å²) in [6.07, 6.45) is 1.50. The Morgan fingerprint density at radius 2 is 2.21 bits per heavy atom. The topological polar surface area (TPSA) is 79.1 Å². The Labute approximate surface area is 106 Å². The molecule has 0 saturated carbocycles. The first kappa shape index (κ1) is 11.5. The molecule has 0 aliphatic carbocycles. The van der Waals surface area contributed by atoms with Crippen LogP contribution in [0.15, 0.2) is 28.9 Å². The summed E-state index contributed by atoms with van der Waals surface area (Å²) in [7, 11) is 0. The van der Waals surface area contributed by atoms with Crippen molar-refractivity contribution in [1.29, 1.82) is 0 Å². The first-order chi connectivity index (χ1) is 9.04. The van der Waals surface area contributed by atoms with E-state index in [0.29, 0.717) is 22.7 Å². The molecule has 0 aliphatic rings. The van der Waals surface area contributed by atoms with Gasteiger partial charge in [0.2, 0.25) is 0 Å². The number of benzene rings is 1. The van der Waals surface area contributed by atoms with Crippen LogP contribution < -0.4 is 0 Å². The van der Waals surface area contributed by atoms with Crippen LogP contribution in [0.1, 0.15) is 16.1 Å². The standard InChI is InChI=1S/C13H9FN2O3/c1-6-2-7(5-19-6)12-15-10-4-8(14)3-9(13(17)18)11(10)16-12/h2-5H,1H3,(H,15,16)(H,17,18). The van der Waals surface area contributed by atoms with E-state index in [2.05, 4.69) is 9.97 Å². The number of nitrogens with zero attached hydrogens (tertiary/aromatic N) is 1. The van der Waals surface area contributed by atoms with Crippen molar-refractivity contribution in [2.75, 3.05) is 0 Å². The minimum Gasteiger partial charge on any atom is -0.478 e. The summed E-state index contributed by atoms with van der Waals surface area (Å²) < 4.78 is 18.5. The molecule has 2 aromatic heterocycles. The Morgan fingerprint density at radius 1 is 1.42 bits per heavy atom. The third kappa shape index (κ3) is 1.87. The Morgan fingerprint density at radius 3 is 2.84 bits per heavy atom. The third-order valence-corrected chi connectivity index (χ3v) is 2.79. The van der Waals surface area contributed by atoms with Crippen LogP contribution in [0, 0.1) is 12.7 Å². The van der Waals surface area contributed by atoms with Crippen molar-refractivity contribution in [3.63, 3.8) is 0 Å². The van der Waals surface area contributed by atoms with Gasteiger partial charge >= 0.3 is 5.97 Å². The molecule has 1 aromatic carbocycles. The van der Waals surface area contributed by atoms with Crippen LogP contribution in [0.25, 0.3) is 22.4 Å². The summed E-state index contributed by atoms with van der Waals surface area (Å²) >= 11 is 0. The van der Waals surface area contributed by atoms with E-state index in [-0.39, 0.29) is 11.1 Å². The Bertz CT molecular complexity index is 788. The molecule has 0 aliphatic heterocycles. The molecule has 0 unspecified atom stereocenters. The number of hydrogen-bond acceptors (Lipinski definition) is 3. The average Bonchev–Trinajstić information content (AvgIpc) is 2.93. The number of imidazole rings is 1. The Hall–Kier alpha value is -2.63. The highest BCUT2D eigenvalue weighted by Gasteiger charge is 2.16. The van der Waals surface area contributed by atoms with Crippen molar-refractivity contribution >= 4 is 17.0 Å². The van der Waals surface area contributed by atoms with Gasteiger partial charge in [-0.25, -0.2) is 14.2 Å². The lowest BCUT2D eigenvalue weighted by molar-refractivity contribution is 0.0698. The van der Waals surface area contributed by atoms with E-state index < -0.39 is 11.8 Å². The number of aromatic nitrogens is 2. The summed E-state index contributed by atoms with van der Waals surface area (Å²) in [6.45, 7) is 1.79. The second kappa shape index (κ2) is 3.94. The molecule has 2 N–H and O–H groups in total. The molecule has 2 heterocycles. The second-order valence-electron chi connectivity index (χ2n) is 4.19. The molecular formula is C13H9FN2O3. The van der Waals surface area contributed by atoms with Gasteiger partial charge in [-0.1, -0.05) is 0 Å². The Kier molecular flexibility index (Phi) is 2.38. The molecule has 0 saturated heterocycles. The summed E-state index contributed by atoms with van der Waals surface area (Å²) in [5, 5.41) is 9.05. The molecule has 0 bridgehead atoms. The second-order valence-corrected chi connectivity index (χ2v) is 4.19. The molecule has 19 heavy (non-hydrogen) atoms. The number of carboxylic acid groups (broad SMARTS) is 1. The number of halogens is 1. The number of aromatic amines is 1. The molecule has 5 nitrogen and oxygen atoms in total. The zero-order chi connectivity index (χ0) is 13.6.